The molecule has 1 atom stereocenters. The van der Waals surface area contributed by atoms with E-state index in [0.29, 0.717) is 5.02 Å². The van der Waals surface area contributed by atoms with E-state index >= 15 is 0 Å². The van der Waals surface area contributed by atoms with Gasteiger partial charge in [-0.2, -0.15) is 0 Å². The van der Waals surface area contributed by atoms with Gasteiger partial charge in [0.1, 0.15) is 0 Å². The minimum Gasteiger partial charge on any atom is -0.452 e. The monoisotopic (exact) mass is 369 g/mol. The molecule has 4 nitrogen and oxygen atoms in total. The smallest absolute Gasteiger partial charge is 0.331 e. The van der Waals surface area contributed by atoms with Crippen LogP contribution in [0.4, 0.5) is 0 Å². The van der Waals surface area contributed by atoms with Crippen molar-refractivity contribution in [2.24, 2.45) is 0 Å². The second-order valence-corrected chi connectivity index (χ2v) is 6.64. The third-order valence-corrected chi connectivity index (χ3v) is 4.58. The van der Waals surface area contributed by atoms with Gasteiger partial charge in [-0.3, -0.25) is 4.79 Å². The minimum absolute atomic E-state index is 0.0178. The van der Waals surface area contributed by atoms with Gasteiger partial charge in [-0.05, 0) is 54.2 Å². The highest BCUT2D eigenvalue weighted by atomic mass is 35.5. The number of rotatable bonds is 5. The highest BCUT2D eigenvalue weighted by Gasteiger charge is 2.21. The summed E-state index contributed by atoms with van der Waals surface area (Å²) in [4.78, 5) is 23.9. The molecule has 0 bridgehead atoms. The lowest BCUT2D eigenvalue weighted by Crippen LogP contribution is -2.34. The zero-order valence-corrected chi connectivity index (χ0v) is 15.0. The maximum absolute atomic E-state index is 12.1. The van der Waals surface area contributed by atoms with E-state index < -0.39 is 5.97 Å². The van der Waals surface area contributed by atoms with Crippen LogP contribution < -0.4 is 5.32 Å². The number of ether oxygens (including phenoxy) is 1. The van der Waals surface area contributed by atoms with Crippen LogP contribution in [0.3, 0.4) is 0 Å². The number of amides is 1. The van der Waals surface area contributed by atoms with Crippen molar-refractivity contribution in [3.8, 4) is 0 Å². The van der Waals surface area contributed by atoms with Crippen molar-refractivity contribution in [2.75, 3.05) is 6.61 Å². The van der Waals surface area contributed by atoms with Crippen LogP contribution in [-0.2, 0) is 20.7 Å². The summed E-state index contributed by atoms with van der Waals surface area (Å²) >= 11 is 5.81. The molecule has 2 aromatic rings. The lowest BCUT2D eigenvalue weighted by Gasteiger charge is -2.26. The van der Waals surface area contributed by atoms with Gasteiger partial charge in [0, 0.05) is 11.1 Å². The number of carbonyl (C=O) groups excluding carboxylic acids is 2. The zero-order valence-electron chi connectivity index (χ0n) is 14.3. The lowest BCUT2D eigenvalue weighted by molar-refractivity contribution is -0.144. The Morgan fingerprint density at radius 2 is 1.92 bits per heavy atom. The van der Waals surface area contributed by atoms with Crippen LogP contribution in [-0.4, -0.2) is 18.5 Å². The SMILES string of the molecule is O=C(COC(=O)/C=C/c1ccc(Cl)cc1)N[C@@H]1CCCc2ccccc21. The van der Waals surface area contributed by atoms with Gasteiger partial charge in [0.2, 0.25) is 0 Å². The molecule has 0 heterocycles. The van der Waals surface area contributed by atoms with E-state index in [4.69, 9.17) is 16.3 Å². The fourth-order valence-electron chi connectivity index (χ4n) is 3.06. The second-order valence-electron chi connectivity index (χ2n) is 6.20. The molecule has 0 unspecified atom stereocenters. The zero-order chi connectivity index (χ0) is 18.4. The van der Waals surface area contributed by atoms with Gasteiger partial charge in [-0.25, -0.2) is 4.79 Å². The fourth-order valence-corrected chi connectivity index (χ4v) is 3.19. The third-order valence-electron chi connectivity index (χ3n) is 4.33. The Balaban J connectivity index is 1.48. The molecule has 0 saturated heterocycles. The van der Waals surface area contributed by atoms with Crippen LogP contribution in [0.15, 0.2) is 54.6 Å². The highest BCUT2D eigenvalue weighted by molar-refractivity contribution is 6.30. The molecule has 134 valence electrons. The Bertz CT molecular complexity index is 814. The van der Waals surface area contributed by atoms with Crippen LogP contribution in [0, 0.1) is 0 Å². The van der Waals surface area contributed by atoms with Gasteiger partial charge in [0.15, 0.2) is 6.61 Å². The number of hydrogen-bond donors (Lipinski definition) is 1. The average Bonchev–Trinajstić information content (AvgIpc) is 2.66. The quantitative estimate of drug-likeness (QED) is 0.638. The van der Waals surface area contributed by atoms with Crippen LogP contribution >= 0.6 is 11.6 Å². The summed E-state index contributed by atoms with van der Waals surface area (Å²) in [6, 6.07) is 15.2. The van der Waals surface area contributed by atoms with Gasteiger partial charge in [0.05, 0.1) is 6.04 Å². The largest absolute Gasteiger partial charge is 0.452 e. The number of halogens is 1. The molecule has 1 amide bonds. The molecule has 1 N–H and O–H groups in total. The first-order valence-corrected chi connectivity index (χ1v) is 8.97. The van der Waals surface area contributed by atoms with E-state index in [1.54, 1.807) is 30.3 Å². The van der Waals surface area contributed by atoms with Gasteiger partial charge < -0.3 is 10.1 Å². The molecule has 0 fully saturated rings. The Morgan fingerprint density at radius 3 is 2.73 bits per heavy atom. The third kappa shape index (κ3) is 4.96. The molecule has 1 aliphatic carbocycles. The predicted molar refractivity (Wildman–Crippen MR) is 102 cm³/mol. The van der Waals surface area contributed by atoms with E-state index in [9.17, 15) is 9.59 Å². The molecule has 1 aliphatic rings. The van der Waals surface area contributed by atoms with Crippen molar-refractivity contribution in [1.29, 1.82) is 0 Å². The van der Waals surface area contributed by atoms with Crippen LogP contribution in [0.1, 0.15) is 35.6 Å². The summed E-state index contributed by atoms with van der Waals surface area (Å²) < 4.78 is 5.01. The van der Waals surface area contributed by atoms with Crippen LogP contribution in [0.5, 0.6) is 0 Å². The number of fused-ring (bicyclic) bond motifs is 1. The minimum atomic E-state index is -0.556. The van der Waals surface area contributed by atoms with Gasteiger partial charge in [-0.1, -0.05) is 48.0 Å². The number of aryl methyl sites for hydroxylation is 1. The van der Waals surface area contributed by atoms with Crippen LogP contribution in [0.2, 0.25) is 5.02 Å². The van der Waals surface area contributed by atoms with Crippen molar-refractivity contribution in [3.63, 3.8) is 0 Å². The number of nitrogens with one attached hydrogen (secondary N) is 1. The van der Waals surface area contributed by atoms with E-state index in [2.05, 4.69) is 11.4 Å². The fraction of sp³-hybridized carbons (Fsp3) is 0.238. The Hall–Kier alpha value is -2.59. The summed E-state index contributed by atoms with van der Waals surface area (Å²) in [5, 5.41) is 3.59. The molecule has 5 heteroatoms. The molecular formula is C21H20ClNO3. The first kappa shape index (κ1) is 18.2. The number of hydrogen-bond acceptors (Lipinski definition) is 3. The number of benzene rings is 2. The van der Waals surface area contributed by atoms with Gasteiger partial charge >= 0.3 is 5.97 Å². The van der Waals surface area contributed by atoms with Gasteiger partial charge in [-0.15, -0.1) is 0 Å². The maximum atomic E-state index is 12.1. The molecular weight excluding hydrogens is 350 g/mol. The van der Waals surface area contributed by atoms with E-state index in [1.807, 2.05) is 18.2 Å². The predicted octanol–water partition coefficient (Wildman–Crippen LogP) is 4.09. The first-order chi connectivity index (χ1) is 12.6. The summed E-state index contributed by atoms with van der Waals surface area (Å²) in [6.45, 7) is -0.289. The normalized spacial score (nSPS) is 16.1. The number of carbonyl (C=O) groups is 2. The lowest BCUT2D eigenvalue weighted by atomic mass is 9.88. The molecule has 0 saturated carbocycles. The summed E-state index contributed by atoms with van der Waals surface area (Å²) in [5.41, 5.74) is 3.25. The summed E-state index contributed by atoms with van der Waals surface area (Å²) in [7, 11) is 0. The molecule has 0 aliphatic heterocycles. The Morgan fingerprint density at radius 1 is 1.15 bits per heavy atom. The Kier molecular flexibility index (Phi) is 6.08. The molecule has 2 aromatic carbocycles. The van der Waals surface area contributed by atoms with E-state index in [1.165, 1.54) is 11.6 Å². The van der Waals surface area contributed by atoms with Crippen molar-refractivity contribution < 1.29 is 14.3 Å². The first-order valence-electron chi connectivity index (χ1n) is 8.59. The van der Waals surface area contributed by atoms with Crippen LogP contribution in [0.25, 0.3) is 6.08 Å². The second kappa shape index (κ2) is 8.68. The van der Waals surface area contributed by atoms with Crippen molar-refractivity contribution in [3.05, 3.63) is 76.3 Å². The summed E-state index contributed by atoms with van der Waals surface area (Å²) in [5.74, 6) is -0.848. The molecule has 0 radical (unpaired) electrons. The van der Waals surface area contributed by atoms with E-state index in [0.717, 1.165) is 30.4 Å². The standard InChI is InChI=1S/C21H20ClNO3/c22-17-11-8-15(9-12-17)10-13-21(25)26-14-20(24)23-19-7-3-5-16-4-1-2-6-18(16)19/h1-2,4,6,8-13,19H,3,5,7,14H2,(H,23,24)/b13-10+/t19-/m1/s1. The van der Waals surface area contributed by atoms with E-state index in [-0.39, 0.29) is 18.6 Å². The van der Waals surface area contributed by atoms with Crippen molar-refractivity contribution >= 4 is 29.6 Å². The van der Waals surface area contributed by atoms with Crippen molar-refractivity contribution in [2.45, 2.75) is 25.3 Å². The van der Waals surface area contributed by atoms with Gasteiger partial charge in [0.25, 0.3) is 5.91 Å². The Labute approximate surface area is 157 Å². The average molecular weight is 370 g/mol. The topological polar surface area (TPSA) is 55.4 Å². The molecule has 26 heavy (non-hydrogen) atoms. The number of esters is 1. The molecule has 3 rings (SSSR count). The van der Waals surface area contributed by atoms with Crippen molar-refractivity contribution in [1.82, 2.24) is 5.32 Å². The highest BCUT2D eigenvalue weighted by Crippen LogP contribution is 2.29. The molecule has 0 spiro atoms. The summed E-state index contributed by atoms with van der Waals surface area (Å²) in [6.07, 6.45) is 5.88. The maximum Gasteiger partial charge on any atom is 0.331 e. The molecule has 0 aromatic heterocycles.